The van der Waals surface area contributed by atoms with E-state index >= 15 is 0 Å². The number of hydrogen-bond acceptors (Lipinski definition) is 5. The highest BCUT2D eigenvalue weighted by Gasteiger charge is 2.23. The number of piperazine rings is 1. The fourth-order valence-corrected chi connectivity index (χ4v) is 3.15. The topological polar surface area (TPSA) is 54.9 Å². The highest BCUT2D eigenvalue weighted by Crippen LogP contribution is 2.29. The molecule has 1 aromatic carbocycles. The van der Waals surface area contributed by atoms with Gasteiger partial charge in [0.2, 0.25) is 0 Å². The lowest BCUT2D eigenvalue weighted by molar-refractivity contribution is 0.0746. The number of nitrogens with zero attached hydrogens (tertiary/aromatic N) is 3. The van der Waals surface area contributed by atoms with Crippen molar-refractivity contribution in [2.45, 2.75) is 20.3 Å². The summed E-state index contributed by atoms with van der Waals surface area (Å²) < 4.78 is 11.4. The summed E-state index contributed by atoms with van der Waals surface area (Å²) in [5, 5.41) is 0. The van der Waals surface area contributed by atoms with Crippen LogP contribution in [0.25, 0.3) is 0 Å². The second-order valence-corrected chi connectivity index (χ2v) is 6.43. The van der Waals surface area contributed by atoms with E-state index in [4.69, 9.17) is 9.47 Å². The van der Waals surface area contributed by atoms with E-state index in [0.29, 0.717) is 43.4 Å². The van der Waals surface area contributed by atoms with Crippen LogP contribution < -0.4 is 14.4 Å². The Morgan fingerprint density at radius 3 is 2.41 bits per heavy atom. The van der Waals surface area contributed by atoms with E-state index in [0.717, 1.165) is 25.2 Å². The van der Waals surface area contributed by atoms with Gasteiger partial charge < -0.3 is 19.3 Å². The number of pyridine rings is 1. The van der Waals surface area contributed by atoms with Crippen molar-refractivity contribution in [1.29, 1.82) is 0 Å². The van der Waals surface area contributed by atoms with Crippen molar-refractivity contribution in [3.05, 3.63) is 48.3 Å². The first-order chi connectivity index (χ1) is 13.2. The zero-order chi connectivity index (χ0) is 19.1. The molecule has 2 aromatic rings. The highest BCUT2D eigenvalue weighted by atomic mass is 16.5. The average Bonchev–Trinajstić information content (AvgIpc) is 2.73. The molecule has 0 saturated carbocycles. The largest absolute Gasteiger partial charge is 0.490 e. The molecule has 2 heterocycles. The Balaban J connectivity index is 1.66. The molecule has 1 fully saturated rings. The Kier molecular flexibility index (Phi) is 6.52. The normalized spacial score (nSPS) is 14.1. The summed E-state index contributed by atoms with van der Waals surface area (Å²) in [5.74, 6) is 1.36. The van der Waals surface area contributed by atoms with E-state index in [2.05, 4.69) is 16.8 Å². The summed E-state index contributed by atoms with van der Waals surface area (Å²) in [4.78, 5) is 21.2. The molecule has 0 spiro atoms. The van der Waals surface area contributed by atoms with E-state index in [1.165, 1.54) is 0 Å². The third kappa shape index (κ3) is 4.70. The number of rotatable bonds is 7. The van der Waals surface area contributed by atoms with Crippen LogP contribution in [0.4, 0.5) is 5.69 Å². The molecule has 3 rings (SSSR count). The van der Waals surface area contributed by atoms with Crippen molar-refractivity contribution >= 4 is 11.6 Å². The second-order valence-electron chi connectivity index (χ2n) is 6.43. The third-order valence-corrected chi connectivity index (χ3v) is 4.55. The van der Waals surface area contributed by atoms with Gasteiger partial charge in [-0.25, -0.2) is 0 Å². The van der Waals surface area contributed by atoms with E-state index < -0.39 is 0 Å². The Bertz CT molecular complexity index is 744. The van der Waals surface area contributed by atoms with Gasteiger partial charge in [0.25, 0.3) is 5.91 Å². The number of hydrogen-bond donors (Lipinski definition) is 0. The number of carbonyl (C=O) groups is 1. The van der Waals surface area contributed by atoms with E-state index in [9.17, 15) is 4.79 Å². The van der Waals surface area contributed by atoms with Crippen molar-refractivity contribution in [2.75, 3.05) is 44.3 Å². The predicted molar refractivity (Wildman–Crippen MR) is 106 cm³/mol. The van der Waals surface area contributed by atoms with Crippen LogP contribution in [0.15, 0.2) is 42.7 Å². The van der Waals surface area contributed by atoms with Crippen LogP contribution in [0.5, 0.6) is 11.5 Å². The summed E-state index contributed by atoms with van der Waals surface area (Å²) in [5.41, 5.74) is 1.79. The van der Waals surface area contributed by atoms with Crippen LogP contribution in [0, 0.1) is 0 Å². The molecule has 0 N–H and O–H groups in total. The van der Waals surface area contributed by atoms with Crippen LogP contribution in [-0.2, 0) is 0 Å². The fourth-order valence-electron chi connectivity index (χ4n) is 3.15. The fraction of sp³-hybridized carbons (Fsp3) is 0.429. The minimum atomic E-state index is 0.0346. The van der Waals surface area contributed by atoms with Gasteiger partial charge in [0.15, 0.2) is 11.5 Å². The molecule has 0 bridgehead atoms. The quantitative estimate of drug-likeness (QED) is 0.750. The first kappa shape index (κ1) is 19.0. The number of ether oxygens (including phenoxy) is 2. The molecular weight excluding hydrogens is 342 g/mol. The van der Waals surface area contributed by atoms with Crippen molar-refractivity contribution < 1.29 is 14.3 Å². The van der Waals surface area contributed by atoms with Gasteiger partial charge in [0, 0.05) is 49.8 Å². The molecular formula is C21H27N3O3. The third-order valence-electron chi connectivity index (χ3n) is 4.55. The first-order valence-electron chi connectivity index (χ1n) is 9.56. The smallest absolute Gasteiger partial charge is 0.254 e. The molecule has 1 aliphatic rings. The molecule has 1 saturated heterocycles. The van der Waals surface area contributed by atoms with Gasteiger partial charge in [-0.05, 0) is 43.7 Å². The summed E-state index contributed by atoms with van der Waals surface area (Å²) in [6.07, 6.45) is 4.52. The minimum Gasteiger partial charge on any atom is -0.490 e. The van der Waals surface area contributed by atoms with Crippen LogP contribution in [0.2, 0.25) is 0 Å². The van der Waals surface area contributed by atoms with E-state index in [-0.39, 0.29) is 5.91 Å². The molecule has 6 nitrogen and oxygen atoms in total. The standard InChI is InChI=1S/C21H27N3O3/c1-3-15-27-19-6-5-17(16-20(19)26-4-2)21(25)24-13-11-23(12-14-24)18-7-9-22-10-8-18/h5-10,16H,3-4,11-15H2,1-2H3. The summed E-state index contributed by atoms with van der Waals surface area (Å²) in [7, 11) is 0. The van der Waals surface area contributed by atoms with Gasteiger partial charge in [-0.15, -0.1) is 0 Å². The number of carbonyl (C=O) groups excluding carboxylic acids is 1. The van der Waals surface area contributed by atoms with E-state index in [1.54, 1.807) is 18.5 Å². The summed E-state index contributed by atoms with van der Waals surface area (Å²) in [6, 6.07) is 9.46. The van der Waals surface area contributed by atoms with Crippen molar-refractivity contribution in [1.82, 2.24) is 9.88 Å². The maximum absolute atomic E-state index is 12.9. The zero-order valence-corrected chi connectivity index (χ0v) is 16.1. The van der Waals surface area contributed by atoms with Gasteiger partial charge in [-0.2, -0.15) is 0 Å². The molecule has 1 amide bonds. The van der Waals surface area contributed by atoms with Gasteiger partial charge >= 0.3 is 0 Å². The number of anilines is 1. The monoisotopic (exact) mass is 369 g/mol. The highest BCUT2D eigenvalue weighted by molar-refractivity contribution is 5.95. The Hall–Kier alpha value is -2.76. The van der Waals surface area contributed by atoms with Crippen LogP contribution in [0.3, 0.4) is 0 Å². The molecule has 1 aromatic heterocycles. The number of amides is 1. The minimum absolute atomic E-state index is 0.0346. The molecule has 0 atom stereocenters. The van der Waals surface area contributed by atoms with Gasteiger partial charge in [0.1, 0.15) is 0 Å². The summed E-state index contributed by atoms with van der Waals surface area (Å²) >= 11 is 0. The number of aromatic nitrogens is 1. The van der Waals surface area contributed by atoms with E-state index in [1.807, 2.05) is 36.1 Å². The molecule has 144 valence electrons. The molecule has 27 heavy (non-hydrogen) atoms. The molecule has 0 radical (unpaired) electrons. The molecule has 1 aliphatic heterocycles. The lowest BCUT2D eigenvalue weighted by Gasteiger charge is -2.36. The lowest BCUT2D eigenvalue weighted by Crippen LogP contribution is -2.48. The Morgan fingerprint density at radius 1 is 1.00 bits per heavy atom. The van der Waals surface area contributed by atoms with Gasteiger partial charge in [-0.1, -0.05) is 6.92 Å². The second kappa shape index (κ2) is 9.26. The van der Waals surface area contributed by atoms with Crippen LogP contribution in [-0.4, -0.2) is 55.2 Å². The van der Waals surface area contributed by atoms with Gasteiger partial charge in [0.05, 0.1) is 13.2 Å². The summed E-state index contributed by atoms with van der Waals surface area (Å²) in [6.45, 7) is 8.16. The molecule has 0 unspecified atom stereocenters. The Morgan fingerprint density at radius 2 is 1.74 bits per heavy atom. The maximum atomic E-state index is 12.9. The molecule has 0 aliphatic carbocycles. The molecule has 6 heteroatoms. The SMILES string of the molecule is CCCOc1ccc(C(=O)N2CCN(c3ccncc3)CC2)cc1OCC. The van der Waals surface area contributed by atoms with Crippen LogP contribution >= 0.6 is 0 Å². The maximum Gasteiger partial charge on any atom is 0.254 e. The number of benzene rings is 1. The zero-order valence-electron chi connectivity index (χ0n) is 16.1. The Labute approximate surface area is 160 Å². The lowest BCUT2D eigenvalue weighted by atomic mass is 10.1. The van der Waals surface area contributed by atoms with Crippen LogP contribution in [0.1, 0.15) is 30.6 Å². The first-order valence-corrected chi connectivity index (χ1v) is 9.56. The average molecular weight is 369 g/mol. The van der Waals surface area contributed by atoms with Crippen molar-refractivity contribution in [3.8, 4) is 11.5 Å². The van der Waals surface area contributed by atoms with Crippen molar-refractivity contribution in [3.63, 3.8) is 0 Å². The van der Waals surface area contributed by atoms with Gasteiger partial charge in [-0.3, -0.25) is 9.78 Å². The predicted octanol–water partition coefficient (Wildman–Crippen LogP) is 3.23. The van der Waals surface area contributed by atoms with Crippen molar-refractivity contribution in [2.24, 2.45) is 0 Å².